The zero-order valence-electron chi connectivity index (χ0n) is 16.2. The molecule has 26 heavy (non-hydrogen) atoms. The van der Waals surface area contributed by atoms with Crippen molar-refractivity contribution in [3.63, 3.8) is 0 Å². The number of nitrogens with zero attached hydrogens (tertiary/aromatic N) is 1. The number of benzene rings is 2. The first-order valence-electron chi connectivity index (χ1n) is 9.40. The van der Waals surface area contributed by atoms with Gasteiger partial charge in [-0.05, 0) is 43.8 Å². The second-order valence-electron chi connectivity index (χ2n) is 7.00. The van der Waals surface area contributed by atoms with Gasteiger partial charge in [0.2, 0.25) is 0 Å². The lowest BCUT2D eigenvalue weighted by molar-refractivity contribution is 0.0894. The zero-order chi connectivity index (χ0) is 18.8. The van der Waals surface area contributed by atoms with Gasteiger partial charge in [-0.2, -0.15) is 0 Å². The highest BCUT2D eigenvalue weighted by atomic mass is 16.5. The van der Waals surface area contributed by atoms with E-state index in [-0.39, 0.29) is 5.92 Å². The van der Waals surface area contributed by atoms with Crippen molar-refractivity contribution in [2.24, 2.45) is 5.92 Å². The number of ether oxygens (including phenoxy) is 1. The molecule has 2 N–H and O–H groups in total. The Morgan fingerprint density at radius 1 is 1.08 bits per heavy atom. The van der Waals surface area contributed by atoms with E-state index >= 15 is 0 Å². The SMILES string of the molecule is CCCOc1cccc(CNC[C@@H](CN(C)C)[C@@H](O)c2ccccc2)c1. The predicted octanol–water partition coefficient (Wildman–Crippen LogP) is 3.48. The Labute approximate surface area is 157 Å². The van der Waals surface area contributed by atoms with Crippen LogP contribution >= 0.6 is 0 Å². The molecule has 142 valence electrons. The van der Waals surface area contributed by atoms with E-state index in [2.05, 4.69) is 29.3 Å². The molecule has 0 spiro atoms. The summed E-state index contributed by atoms with van der Waals surface area (Å²) >= 11 is 0. The summed E-state index contributed by atoms with van der Waals surface area (Å²) < 4.78 is 5.70. The molecule has 0 bridgehead atoms. The topological polar surface area (TPSA) is 44.7 Å². The van der Waals surface area contributed by atoms with Crippen LogP contribution in [0.5, 0.6) is 5.75 Å². The van der Waals surface area contributed by atoms with E-state index in [0.717, 1.165) is 44.0 Å². The third kappa shape index (κ3) is 6.79. The van der Waals surface area contributed by atoms with Crippen LogP contribution < -0.4 is 10.1 Å². The summed E-state index contributed by atoms with van der Waals surface area (Å²) in [5, 5.41) is 14.3. The first-order chi connectivity index (χ1) is 12.6. The van der Waals surface area contributed by atoms with Crippen molar-refractivity contribution in [1.29, 1.82) is 0 Å². The molecule has 2 rings (SSSR count). The predicted molar refractivity (Wildman–Crippen MR) is 107 cm³/mol. The molecule has 4 nitrogen and oxygen atoms in total. The molecule has 4 heteroatoms. The molecule has 0 fully saturated rings. The molecule has 0 amide bonds. The Balaban J connectivity index is 1.93. The molecule has 0 unspecified atom stereocenters. The Hall–Kier alpha value is -1.88. The molecular formula is C22H32N2O2. The highest BCUT2D eigenvalue weighted by Crippen LogP contribution is 2.22. The standard InChI is InChI=1S/C22H32N2O2/c1-4-13-26-21-12-8-9-18(14-21)15-23-16-20(17-24(2)3)22(25)19-10-6-5-7-11-19/h5-12,14,20,22-23,25H,4,13,15-17H2,1-3H3/t20-,22-/m0/s1. The fourth-order valence-corrected chi connectivity index (χ4v) is 3.03. The van der Waals surface area contributed by atoms with E-state index < -0.39 is 6.10 Å². The lowest BCUT2D eigenvalue weighted by Crippen LogP contribution is -2.34. The van der Waals surface area contributed by atoms with Crippen LogP contribution in [-0.2, 0) is 6.54 Å². The van der Waals surface area contributed by atoms with Crippen LogP contribution in [0, 0.1) is 5.92 Å². The maximum Gasteiger partial charge on any atom is 0.119 e. The number of aliphatic hydroxyl groups excluding tert-OH is 1. The van der Waals surface area contributed by atoms with Gasteiger partial charge in [0, 0.05) is 25.6 Å². The molecular weight excluding hydrogens is 324 g/mol. The van der Waals surface area contributed by atoms with Crippen LogP contribution in [0.3, 0.4) is 0 Å². The van der Waals surface area contributed by atoms with Crippen molar-refractivity contribution in [2.75, 3.05) is 33.8 Å². The van der Waals surface area contributed by atoms with E-state index in [4.69, 9.17) is 4.74 Å². The summed E-state index contributed by atoms with van der Waals surface area (Å²) in [6, 6.07) is 18.1. The van der Waals surface area contributed by atoms with Crippen molar-refractivity contribution < 1.29 is 9.84 Å². The van der Waals surface area contributed by atoms with Gasteiger partial charge in [-0.25, -0.2) is 0 Å². The van der Waals surface area contributed by atoms with Crippen molar-refractivity contribution >= 4 is 0 Å². The van der Waals surface area contributed by atoms with Crippen molar-refractivity contribution in [1.82, 2.24) is 10.2 Å². The Morgan fingerprint density at radius 3 is 2.54 bits per heavy atom. The number of hydrogen-bond donors (Lipinski definition) is 2. The highest BCUT2D eigenvalue weighted by Gasteiger charge is 2.21. The summed E-state index contributed by atoms with van der Waals surface area (Å²) in [7, 11) is 4.08. The summed E-state index contributed by atoms with van der Waals surface area (Å²) in [5.74, 6) is 1.03. The van der Waals surface area contributed by atoms with Gasteiger partial charge >= 0.3 is 0 Å². The van der Waals surface area contributed by atoms with Gasteiger partial charge in [-0.1, -0.05) is 49.4 Å². The Kier molecular flexibility index (Phi) is 8.62. The first kappa shape index (κ1) is 20.4. The molecule has 0 saturated heterocycles. The molecule has 0 aliphatic rings. The zero-order valence-corrected chi connectivity index (χ0v) is 16.2. The lowest BCUT2D eigenvalue weighted by Gasteiger charge is -2.26. The fraction of sp³-hybridized carbons (Fsp3) is 0.455. The van der Waals surface area contributed by atoms with Crippen LogP contribution in [0.25, 0.3) is 0 Å². The maximum atomic E-state index is 10.8. The minimum Gasteiger partial charge on any atom is -0.494 e. The number of hydrogen-bond acceptors (Lipinski definition) is 4. The van der Waals surface area contributed by atoms with E-state index in [1.165, 1.54) is 5.56 Å². The molecule has 0 radical (unpaired) electrons. The van der Waals surface area contributed by atoms with Crippen LogP contribution in [-0.4, -0.2) is 43.8 Å². The summed E-state index contributed by atoms with van der Waals surface area (Å²) in [6.45, 7) is 5.17. The Morgan fingerprint density at radius 2 is 1.85 bits per heavy atom. The maximum absolute atomic E-state index is 10.8. The van der Waals surface area contributed by atoms with Crippen LogP contribution in [0.15, 0.2) is 54.6 Å². The second kappa shape index (κ2) is 11.0. The number of nitrogens with one attached hydrogen (secondary N) is 1. The highest BCUT2D eigenvalue weighted by molar-refractivity contribution is 5.28. The average molecular weight is 357 g/mol. The fourth-order valence-electron chi connectivity index (χ4n) is 3.03. The van der Waals surface area contributed by atoms with Gasteiger partial charge in [0.1, 0.15) is 5.75 Å². The van der Waals surface area contributed by atoms with Crippen molar-refractivity contribution in [3.8, 4) is 5.75 Å². The summed E-state index contributed by atoms with van der Waals surface area (Å²) in [4.78, 5) is 2.12. The van der Waals surface area contributed by atoms with Crippen LogP contribution in [0.4, 0.5) is 0 Å². The molecule has 0 heterocycles. The molecule has 0 aliphatic heterocycles. The smallest absolute Gasteiger partial charge is 0.119 e. The monoisotopic (exact) mass is 356 g/mol. The van der Waals surface area contributed by atoms with Gasteiger partial charge in [-0.15, -0.1) is 0 Å². The molecule has 2 aromatic carbocycles. The first-order valence-corrected chi connectivity index (χ1v) is 9.40. The van der Waals surface area contributed by atoms with Gasteiger partial charge in [0.25, 0.3) is 0 Å². The third-order valence-corrected chi connectivity index (χ3v) is 4.29. The average Bonchev–Trinajstić information content (AvgIpc) is 2.66. The Bertz CT molecular complexity index is 631. The van der Waals surface area contributed by atoms with E-state index in [1.807, 2.05) is 56.6 Å². The molecule has 0 aromatic heterocycles. The van der Waals surface area contributed by atoms with E-state index in [0.29, 0.717) is 0 Å². The summed E-state index contributed by atoms with van der Waals surface area (Å²) in [5.41, 5.74) is 2.16. The molecule has 2 atom stereocenters. The van der Waals surface area contributed by atoms with Gasteiger partial charge in [0.15, 0.2) is 0 Å². The molecule has 0 aliphatic carbocycles. The lowest BCUT2D eigenvalue weighted by atomic mass is 9.95. The van der Waals surface area contributed by atoms with Crippen molar-refractivity contribution in [2.45, 2.75) is 26.0 Å². The van der Waals surface area contributed by atoms with Gasteiger partial charge in [-0.3, -0.25) is 0 Å². The van der Waals surface area contributed by atoms with Crippen LogP contribution in [0.1, 0.15) is 30.6 Å². The van der Waals surface area contributed by atoms with E-state index in [9.17, 15) is 5.11 Å². The van der Waals surface area contributed by atoms with Gasteiger partial charge < -0.3 is 20.1 Å². The number of rotatable bonds is 11. The minimum absolute atomic E-state index is 0.118. The largest absolute Gasteiger partial charge is 0.494 e. The molecule has 2 aromatic rings. The summed E-state index contributed by atoms with van der Waals surface area (Å²) in [6.07, 6.45) is 0.525. The normalized spacial score (nSPS) is 13.6. The quantitative estimate of drug-likeness (QED) is 0.647. The molecule has 0 saturated carbocycles. The number of aliphatic hydroxyl groups is 1. The van der Waals surface area contributed by atoms with Crippen molar-refractivity contribution in [3.05, 3.63) is 65.7 Å². The van der Waals surface area contributed by atoms with E-state index in [1.54, 1.807) is 0 Å². The third-order valence-electron chi connectivity index (χ3n) is 4.29. The van der Waals surface area contributed by atoms with Crippen LogP contribution in [0.2, 0.25) is 0 Å². The minimum atomic E-state index is -0.481. The van der Waals surface area contributed by atoms with Gasteiger partial charge in [0.05, 0.1) is 12.7 Å². The second-order valence-corrected chi connectivity index (χ2v) is 7.00.